The fourth-order valence-corrected chi connectivity index (χ4v) is 4.92. The minimum absolute atomic E-state index is 0.124. The maximum absolute atomic E-state index is 13.1. The Morgan fingerprint density at radius 3 is 2.48 bits per heavy atom. The number of nitrogens with one attached hydrogen (secondary N) is 1. The number of carbonyl (C=O) groups excluding carboxylic acids is 1. The van der Waals surface area contributed by atoms with Crippen molar-refractivity contribution in [3.05, 3.63) is 77.6 Å². The third-order valence-electron chi connectivity index (χ3n) is 6.80. The van der Waals surface area contributed by atoms with Crippen molar-refractivity contribution in [3.63, 3.8) is 0 Å². The molecule has 2 aliphatic rings. The summed E-state index contributed by atoms with van der Waals surface area (Å²) in [6, 6.07) is 18.5. The van der Waals surface area contributed by atoms with Crippen LogP contribution in [-0.4, -0.2) is 35.6 Å². The zero-order chi connectivity index (χ0) is 21.6. The van der Waals surface area contributed by atoms with E-state index in [-0.39, 0.29) is 11.4 Å². The van der Waals surface area contributed by atoms with Crippen LogP contribution in [0.5, 0.6) is 5.75 Å². The van der Waals surface area contributed by atoms with E-state index in [9.17, 15) is 4.79 Å². The SMILES string of the molecule is COc1ccc2c(c1)NC1(CCN(C(=O)c3ccc(C(C)C)cc3)CC1)c1cccn1-2. The molecule has 2 aliphatic heterocycles. The average Bonchev–Trinajstić information content (AvgIpc) is 3.30. The van der Waals surface area contributed by atoms with Crippen LogP contribution in [-0.2, 0) is 5.54 Å². The van der Waals surface area contributed by atoms with Crippen molar-refractivity contribution < 1.29 is 9.53 Å². The van der Waals surface area contributed by atoms with Gasteiger partial charge in [0.15, 0.2) is 0 Å². The minimum Gasteiger partial charge on any atom is -0.497 e. The Labute approximate surface area is 183 Å². The number of nitrogens with zero attached hydrogens (tertiary/aromatic N) is 2. The highest BCUT2D eigenvalue weighted by molar-refractivity contribution is 5.94. The number of hydrogen-bond donors (Lipinski definition) is 1. The number of benzene rings is 2. The van der Waals surface area contributed by atoms with Crippen LogP contribution in [0.4, 0.5) is 5.69 Å². The van der Waals surface area contributed by atoms with Crippen molar-refractivity contribution in [1.29, 1.82) is 0 Å². The lowest BCUT2D eigenvalue weighted by Crippen LogP contribution is -2.51. The van der Waals surface area contributed by atoms with E-state index in [1.807, 2.05) is 23.1 Å². The van der Waals surface area contributed by atoms with E-state index in [4.69, 9.17) is 4.74 Å². The van der Waals surface area contributed by atoms with E-state index < -0.39 is 0 Å². The number of fused-ring (bicyclic) bond motifs is 4. The molecule has 0 radical (unpaired) electrons. The van der Waals surface area contributed by atoms with E-state index in [1.165, 1.54) is 11.3 Å². The lowest BCUT2D eigenvalue weighted by atomic mass is 9.82. The Kier molecular flexibility index (Phi) is 4.77. The molecule has 5 nitrogen and oxygen atoms in total. The van der Waals surface area contributed by atoms with Gasteiger partial charge in [-0.2, -0.15) is 0 Å². The molecule has 1 saturated heterocycles. The molecule has 5 heteroatoms. The molecule has 1 fully saturated rings. The highest BCUT2D eigenvalue weighted by Gasteiger charge is 2.42. The van der Waals surface area contributed by atoms with Gasteiger partial charge in [0.2, 0.25) is 0 Å². The van der Waals surface area contributed by atoms with Crippen molar-refractivity contribution in [2.24, 2.45) is 0 Å². The van der Waals surface area contributed by atoms with Crippen LogP contribution in [0.1, 0.15) is 54.2 Å². The maximum atomic E-state index is 13.1. The lowest BCUT2D eigenvalue weighted by Gasteiger charge is -2.46. The zero-order valence-electron chi connectivity index (χ0n) is 18.4. The first-order valence-corrected chi connectivity index (χ1v) is 11.0. The Bertz CT molecular complexity index is 1110. The summed E-state index contributed by atoms with van der Waals surface area (Å²) < 4.78 is 7.72. The fraction of sp³-hybridized carbons (Fsp3) is 0.346. The molecule has 1 aromatic heterocycles. The molecule has 1 amide bonds. The van der Waals surface area contributed by atoms with Crippen LogP contribution in [0.25, 0.3) is 5.69 Å². The molecule has 1 N–H and O–H groups in total. The highest BCUT2D eigenvalue weighted by atomic mass is 16.5. The van der Waals surface area contributed by atoms with E-state index in [1.54, 1.807) is 7.11 Å². The molecule has 0 bridgehead atoms. The van der Waals surface area contributed by atoms with Crippen molar-refractivity contribution in [1.82, 2.24) is 9.47 Å². The van der Waals surface area contributed by atoms with Gasteiger partial charge < -0.3 is 19.5 Å². The first-order chi connectivity index (χ1) is 15.0. The third kappa shape index (κ3) is 3.29. The number of piperidine rings is 1. The maximum Gasteiger partial charge on any atom is 0.253 e. The van der Waals surface area contributed by atoms with Crippen LogP contribution in [0.3, 0.4) is 0 Å². The van der Waals surface area contributed by atoms with E-state index in [0.29, 0.717) is 5.92 Å². The summed E-state index contributed by atoms with van der Waals surface area (Å²) in [5.41, 5.74) is 5.33. The summed E-state index contributed by atoms with van der Waals surface area (Å²) in [6.45, 7) is 5.79. The van der Waals surface area contributed by atoms with Gasteiger partial charge in [-0.3, -0.25) is 4.79 Å². The summed E-state index contributed by atoms with van der Waals surface area (Å²) in [5.74, 6) is 1.43. The molecule has 0 aliphatic carbocycles. The molecular formula is C26H29N3O2. The summed E-state index contributed by atoms with van der Waals surface area (Å²) in [7, 11) is 1.69. The number of amides is 1. The number of hydrogen-bond acceptors (Lipinski definition) is 3. The number of methoxy groups -OCH3 is 1. The quantitative estimate of drug-likeness (QED) is 0.642. The molecule has 31 heavy (non-hydrogen) atoms. The molecule has 5 rings (SSSR count). The second-order valence-corrected chi connectivity index (χ2v) is 8.92. The first kappa shape index (κ1) is 19.7. The van der Waals surface area contributed by atoms with Gasteiger partial charge in [0.25, 0.3) is 5.91 Å². The Morgan fingerprint density at radius 2 is 1.81 bits per heavy atom. The standard InChI is InChI=1S/C26H29N3O2/c1-18(2)19-6-8-20(9-7-19)25(30)28-15-12-26(13-16-28)24-5-4-14-29(24)23-11-10-21(31-3)17-22(23)27-26/h4-11,14,17-18,27H,12-13,15-16H2,1-3H3. The van der Waals surface area contributed by atoms with Crippen molar-refractivity contribution in [2.45, 2.75) is 38.1 Å². The second-order valence-electron chi connectivity index (χ2n) is 8.92. The number of ether oxygens (including phenoxy) is 1. The summed E-state index contributed by atoms with van der Waals surface area (Å²) in [5, 5.41) is 3.81. The molecule has 160 valence electrons. The summed E-state index contributed by atoms with van der Waals surface area (Å²) >= 11 is 0. The van der Waals surface area contributed by atoms with Crippen LogP contribution in [0.2, 0.25) is 0 Å². The van der Waals surface area contributed by atoms with Gasteiger partial charge in [0.05, 0.1) is 24.0 Å². The van der Waals surface area contributed by atoms with Gasteiger partial charge in [0, 0.05) is 36.6 Å². The van der Waals surface area contributed by atoms with Crippen molar-refractivity contribution in [2.75, 3.05) is 25.5 Å². The number of aromatic nitrogens is 1. The monoisotopic (exact) mass is 415 g/mol. The molecule has 3 heterocycles. The Hall–Kier alpha value is -3.21. The third-order valence-corrected chi connectivity index (χ3v) is 6.80. The molecule has 3 aromatic rings. The van der Waals surface area contributed by atoms with E-state index in [0.717, 1.165) is 48.6 Å². The Balaban J connectivity index is 1.37. The predicted octanol–water partition coefficient (Wildman–Crippen LogP) is 5.17. The molecule has 1 spiro atoms. The smallest absolute Gasteiger partial charge is 0.253 e. The molecule has 2 aromatic carbocycles. The normalized spacial score (nSPS) is 16.6. The average molecular weight is 416 g/mol. The number of carbonyl (C=O) groups is 1. The largest absolute Gasteiger partial charge is 0.497 e. The first-order valence-electron chi connectivity index (χ1n) is 11.0. The van der Waals surface area contributed by atoms with Crippen molar-refractivity contribution >= 4 is 11.6 Å². The van der Waals surface area contributed by atoms with Crippen LogP contribution in [0, 0.1) is 0 Å². The van der Waals surface area contributed by atoms with Crippen LogP contribution >= 0.6 is 0 Å². The zero-order valence-corrected chi connectivity index (χ0v) is 18.4. The number of anilines is 1. The summed E-state index contributed by atoms with van der Waals surface area (Å²) in [6.07, 6.45) is 3.85. The van der Waals surface area contributed by atoms with Gasteiger partial charge in [-0.25, -0.2) is 0 Å². The minimum atomic E-state index is -0.179. The van der Waals surface area contributed by atoms with Gasteiger partial charge in [0.1, 0.15) is 5.75 Å². The second kappa shape index (κ2) is 7.49. The van der Waals surface area contributed by atoms with Gasteiger partial charge in [-0.05, 0) is 60.7 Å². The van der Waals surface area contributed by atoms with Crippen LogP contribution in [0.15, 0.2) is 60.8 Å². The van der Waals surface area contributed by atoms with Gasteiger partial charge in [-0.1, -0.05) is 26.0 Å². The van der Waals surface area contributed by atoms with E-state index >= 15 is 0 Å². The predicted molar refractivity (Wildman–Crippen MR) is 123 cm³/mol. The molecular weight excluding hydrogens is 386 g/mol. The van der Waals surface area contributed by atoms with Gasteiger partial charge >= 0.3 is 0 Å². The molecule has 0 atom stereocenters. The van der Waals surface area contributed by atoms with E-state index in [2.05, 4.69) is 66.3 Å². The molecule has 0 saturated carbocycles. The highest BCUT2D eigenvalue weighted by Crippen LogP contribution is 2.44. The van der Waals surface area contributed by atoms with Crippen molar-refractivity contribution in [3.8, 4) is 11.4 Å². The topological polar surface area (TPSA) is 46.5 Å². The molecule has 0 unspecified atom stereocenters. The summed E-state index contributed by atoms with van der Waals surface area (Å²) in [4.78, 5) is 15.1. The number of rotatable bonds is 3. The fourth-order valence-electron chi connectivity index (χ4n) is 4.92. The van der Waals surface area contributed by atoms with Gasteiger partial charge in [-0.15, -0.1) is 0 Å². The number of likely N-dealkylation sites (tertiary alicyclic amines) is 1. The van der Waals surface area contributed by atoms with Crippen LogP contribution < -0.4 is 10.1 Å². The lowest BCUT2D eigenvalue weighted by molar-refractivity contribution is 0.0676. The Morgan fingerprint density at radius 1 is 1.06 bits per heavy atom.